The highest BCUT2D eigenvalue weighted by Gasteiger charge is 2.43. The second kappa shape index (κ2) is 6.58. The molecular formula is C21H22N6O2. The van der Waals surface area contributed by atoms with Crippen molar-refractivity contribution < 1.29 is 9.59 Å². The van der Waals surface area contributed by atoms with E-state index in [2.05, 4.69) is 45.9 Å². The number of benzene rings is 1. The highest BCUT2D eigenvalue weighted by molar-refractivity contribution is 5.95. The summed E-state index contributed by atoms with van der Waals surface area (Å²) in [6.45, 7) is 4.73. The number of piperazine rings is 1. The average molecular weight is 390 g/mol. The Hall–Kier alpha value is -3.42. The standard InChI is InChI=1S/C21H22N6O2/c1-13-8-14(2)19(27-6-3-4-24-27)16(9-13)20-22-5-7-25(20)15-10-17-21(29)23-11-18(28)26(17)12-15/h3-9,15,17H,10-12H2,1-2H3,(H,23,29)/t15-,17-/m0/s1. The molecule has 1 N–H and O–H groups in total. The topological polar surface area (TPSA) is 85.0 Å². The molecular weight excluding hydrogens is 368 g/mol. The van der Waals surface area contributed by atoms with Crippen LogP contribution in [0.25, 0.3) is 17.1 Å². The first kappa shape index (κ1) is 17.7. The molecule has 2 saturated heterocycles. The first-order valence-electron chi connectivity index (χ1n) is 9.74. The minimum atomic E-state index is -0.402. The zero-order chi connectivity index (χ0) is 20.1. The van der Waals surface area contributed by atoms with E-state index >= 15 is 0 Å². The maximum absolute atomic E-state index is 12.3. The number of amides is 2. The van der Waals surface area contributed by atoms with Crippen molar-refractivity contribution in [2.75, 3.05) is 13.1 Å². The number of fused-ring (bicyclic) bond motifs is 1. The van der Waals surface area contributed by atoms with Crippen LogP contribution in [-0.2, 0) is 9.59 Å². The summed E-state index contributed by atoms with van der Waals surface area (Å²) in [5, 5.41) is 7.12. The number of imidazole rings is 1. The molecule has 2 amide bonds. The van der Waals surface area contributed by atoms with E-state index in [0.29, 0.717) is 13.0 Å². The van der Waals surface area contributed by atoms with Crippen LogP contribution in [0.5, 0.6) is 0 Å². The molecule has 0 aliphatic carbocycles. The summed E-state index contributed by atoms with van der Waals surface area (Å²) in [6.07, 6.45) is 7.98. The monoisotopic (exact) mass is 390 g/mol. The molecule has 148 valence electrons. The van der Waals surface area contributed by atoms with Gasteiger partial charge in [-0.2, -0.15) is 5.10 Å². The molecule has 29 heavy (non-hydrogen) atoms. The molecule has 0 radical (unpaired) electrons. The number of carbonyl (C=O) groups is 2. The van der Waals surface area contributed by atoms with Crippen LogP contribution >= 0.6 is 0 Å². The van der Waals surface area contributed by atoms with E-state index in [9.17, 15) is 9.59 Å². The van der Waals surface area contributed by atoms with E-state index in [1.54, 1.807) is 17.3 Å². The smallest absolute Gasteiger partial charge is 0.243 e. The second-order valence-electron chi connectivity index (χ2n) is 7.76. The third-order valence-corrected chi connectivity index (χ3v) is 5.80. The van der Waals surface area contributed by atoms with Crippen LogP contribution in [0.1, 0.15) is 23.6 Å². The Labute approximate surface area is 168 Å². The molecule has 3 aromatic rings. The Morgan fingerprint density at radius 1 is 1.14 bits per heavy atom. The zero-order valence-corrected chi connectivity index (χ0v) is 16.4. The van der Waals surface area contributed by atoms with E-state index in [4.69, 9.17) is 0 Å². The van der Waals surface area contributed by atoms with Crippen molar-refractivity contribution in [3.05, 3.63) is 54.1 Å². The van der Waals surface area contributed by atoms with Gasteiger partial charge in [0.25, 0.3) is 0 Å². The SMILES string of the molecule is Cc1cc(C)c(-n2cccn2)c(-c2nccn2[C@H]2C[C@H]3C(=O)NCC(=O)N3C2)c1. The summed E-state index contributed by atoms with van der Waals surface area (Å²) in [4.78, 5) is 30.9. The van der Waals surface area contributed by atoms with Crippen LogP contribution in [0.15, 0.2) is 43.0 Å². The molecule has 2 aliphatic heterocycles. The van der Waals surface area contributed by atoms with Crippen molar-refractivity contribution >= 4 is 11.8 Å². The number of hydrogen-bond acceptors (Lipinski definition) is 4. The third kappa shape index (κ3) is 2.83. The average Bonchev–Trinajstić information content (AvgIpc) is 3.44. The van der Waals surface area contributed by atoms with Gasteiger partial charge in [-0.05, 0) is 43.5 Å². The highest BCUT2D eigenvalue weighted by Crippen LogP contribution is 2.35. The molecule has 2 aromatic heterocycles. The summed E-state index contributed by atoms with van der Waals surface area (Å²) < 4.78 is 3.96. The molecule has 0 bridgehead atoms. The van der Waals surface area contributed by atoms with Gasteiger partial charge in [0.1, 0.15) is 11.9 Å². The van der Waals surface area contributed by atoms with Crippen LogP contribution < -0.4 is 5.32 Å². The summed E-state index contributed by atoms with van der Waals surface area (Å²) in [7, 11) is 0. The van der Waals surface area contributed by atoms with Crippen molar-refractivity contribution in [2.24, 2.45) is 0 Å². The molecule has 0 saturated carbocycles. The van der Waals surface area contributed by atoms with Gasteiger partial charge < -0.3 is 14.8 Å². The lowest BCUT2D eigenvalue weighted by molar-refractivity contribution is -0.143. The van der Waals surface area contributed by atoms with Gasteiger partial charge in [0.2, 0.25) is 11.8 Å². The highest BCUT2D eigenvalue weighted by atomic mass is 16.2. The number of rotatable bonds is 3. The first-order valence-corrected chi connectivity index (χ1v) is 9.74. The lowest BCUT2D eigenvalue weighted by atomic mass is 10.0. The summed E-state index contributed by atoms with van der Waals surface area (Å²) in [6, 6.07) is 5.74. The molecule has 0 spiro atoms. The van der Waals surface area contributed by atoms with Crippen molar-refractivity contribution in [3.8, 4) is 17.1 Å². The minimum absolute atomic E-state index is 0.00316. The number of nitrogens with one attached hydrogen (secondary N) is 1. The second-order valence-corrected chi connectivity index (χ2v) is 7.76. The maximum atomic E-state index is 12.3. The number of aryl methyl sites for hydroxylation is 2. The molecule has 5 rings (SSSR count). The Morgan fingerprint density at radius 2 is 2.00 bits per heavy atom. The van der Waals surface area contributed by atoms with E-state index in [-0.39, 0.29) is 24.4 Å². The summed E-state index contributed by atoms with van der Waals surface area (Å²) in [5.41, 5.74) is 4.22. The lowest BCUT2D eigenvalue weighted by Crippen LogP contribution is -2.55. The van der Waals surface area contributed by atoms with Crippen LogP contribution in [-0.4, -0.2) is 55.2 Å². The molecule has 4 heterocycles. The molecule has 8 nitrogen and oxygen atoms in total. The fourth-order valence-electron chi connectivity index (χ4n) is 4.57. The van der Waals surface area contributed by atoms with E-state index in [0.717, 1.165) is 28.2 Å². The Balaban J connectivity index is 1.59. The van der Waals surface area contributed by atoms with Gasteiger partial charge in [-0.3, -0.25) is 9.59 Å². The first-order chi connectivity index (χ1) is 14.0. The van der Waals surface area contributed by atoms with Crippen molar-refractivity contribution in [2.45, 2.75) is 32.4 Å². The van der Waals surface area contributed by atoms with Crippen LogP contribution in [0.2, 0.25) is 0 Å². The van der Waals surface area contributed by atoms with Crippen molar-refractivity contribution in [1.82, 2.24) is 29.5 Å². The summed E-state index contributed by atoms with van der Waals surface area (Å²) in [5.74, 6) is 0.722. The van der Waals surface area contributed by atoms with Crippen LogP contribution in [0, 0.1) is 13.8 Å². The number of nitrogens with zero attached hydrogens (tertiary/aromatic N) is 5. The van der Waals surface area contributed by atoms with E-state index < -0.39 is 6.04 Å². The fourth-order valence-corrected chi connectivity index (χ4v) is 4.57. The van der Waals surface area contributed by atoms with Gasteiger partial charge in [0.15, 0.2) is 0 Å². The van der Waals surface area contributed by atoms with Gasteiger partial charge in [-0.15, -0.1) is 0 Å². The van der Waals surface area contributed by atoms with Gasteiger partial charge in [0.05, 0.1) is 18.3 Å². The predicted octanol–water partition coefficient (Wildman–Crippen LogP) is 1.62. The normalized spacial score (nSPS) is 21.4. The van der Waals surface area contributed by atoms with Gasteiger partial charge >= 0.3 is 0 Å². The van der Waals surface area contributed by atoms with Gasteiger partial charge in [-0.25, -0.2) is 9.67 Å². The lowest BCUT2D eigenvalue weighted by Gasteiger charge is -2.28. The van der Waals surface area contributed by atoms with Crippen molar-refractivity contribution in [3.63, 3.8) is 0 Å². The Bertz CT molecular complexity index is 1080. The molecule has 2 atom stereocenters. The fraction of sp³-hybridized carbons (Fsp3) is 0.333. The van der Waals surface area contributed by atoms with E-state index in [1.165, 1.54) is 0 Å². The molecule has 2 aliphatic rings. The molecule has 0 unspecified atom stereocenters. The number of aromatic nitrogens is 4. The van der Waals surface area contributed by atoms with Crippen molar-refractivity contribution in [1.29, 1.82) is 0 Å². The predicted molar refractivity (Wildman–Crippen MR) is 106 cm³/mol. The third-order valence-electron chi connectivity index (χ3n) is 5.80. The van der Waals surface area contributed by atoms with Crippen LogP contribution in [0.4, 0.5) is 0 Å². The maximum Gasteiger partial charge on any atom is 0.243 e. The largest absolute Gasteiger partial charge is 0.345 e. The quantitative estimate of drug-likeness (QED) is 0.737. The van der Waals surface area contributed by atoms with Gasteiger partial charge in [-0.1, -0.05) is 6.07 Å². The van der Waals surface area contributed by atoms with Gasteiger partial charge in [0, 0.05) is 36.9 Å². The minimum Gasteiger partial charge on any atom is -0.345 e. The Morgan fingerprint density at radius 3 is 2.76 bits per heavy atom. The Kier molecular flexibility index (Phi) is 4.01. The number of hydrogen-bond donors (Lipinski definition) is 1. The zero-order valence-electron chi connectivity index (χ0n) is 16.4. The summed E-state index contributed by atoms with van der Waals surface area (Å²) >= 11 is 0. The molecule has 1 aromatic carbocycles. The van der Waals surface area contributed by atoms with E-state index in [1.807, 2.05) is 23.1 Å². The molecule has 8 heteroatoms. The number of carbonyl (C=O) groups excluding carboxylic acids is 2. The van der Waals surface area contributed by atoms with Crippen LogP contribution in [0.3, 0.4) is 0 Å². The molecule has 2 fully saturated rings.